The minimum Gasteiger partial charge on any atom is -0.455 e. The van der Waals surface area contributed by atoms with E-state index in [0.29, 0.717) is 11.1 Å². The van der Waals surface area contributed by atoms with Crippen molar-refractivity contribution in [3.8, 4) is 0 Å². The Hall–Kier alpha value is -3.90. The Morgan fingerprint density at radius 1 is 1.05 bits per heavy atom. The van der Waals surface area contributed by atoms with Crippen molar-refractivity contribution in [1.29, 1.82) is 0 Å². The normalized spacial score (nSPS) is 13.4. The first-order valence-corrected chi connectivity index (χ1v) is 12.6. The number of halogens is 5. The van der Waals surface area contributed by atoms with Crippen molar-refractivity contribution in [2.45, 2.75) is 51.6 Å². The number of hydrogen-bond acceptors (Lipinski definition) is 6. The third-order valence-corrected chi connectivity index (χ3v) is 6.26. The van der Waals surface area contributed by atoms with Crippen LogP contribution in [0.15, 0.2) is 54.6 Å². The second-order valence-electron chi connectivity index (χ2n) is 9.47. The molecule has 0 saturated carbocycles. The van der Waals surface area contributed by atoms with Gasteiger partial charge >= 0.3 is 12.1 Å². The van der Waals surface area contributed by atoms with Crippen molar-refractivity contribution >= 4 is 11.6 Å². The molecule has 3 N–H and O–H groups in total. The van der Waals surface area contributed by atoms with E-state index in [2.05, 4.69) is 15.4 Å². The average Bonchev–Trinajstić information content (AvgIpc) is 3.30. The molecule has 0 amide bonds. The van der Waals surface area contributed by atoms with Gasteiger partial charge < -0.3 is 15.8 Å². The molecule has 7 nitrogen and oxygen atoms in total. The minimum atomic E-state index is -4.73. The smallest absolute Gasteiger partial charge is 0.433 e. The molecule has 2 aromatic carbocycles. The van der Waals surface area contributed by atoms with E-state index in [4.69, 9.17) is 10.5 Å². The summed E-state index contributed by atoms with van der Waals surface area (Å²) in [6.07, 6.45) is -4.94. The highest BCUT2D eigenvalue weighted by Crippen LogP contribution is 2.30. The predicted molar refractivity (Wildman–Crippen MR) is 137 cm³/mol. The number of benzene rings is 2. The van der Waals surface area contributed by atoms with Gasteiger partial charge in [-0.25, -0.2) is 23.1 Å². The maximum atomic E-state index is 13.7. The number of carbonyl (C=O) groups excluding carboxylic acids is 1. The number of nitrogens with two attached hydrogens (primary N) is 1. The summed E-state index contributed by atoms with van der Waals surface area (Å²) in [5.74, 6) is -2.58. The van der Waals surface area contributed by atoms with Gasteiger partial charge in [-0.2, -0.15) is 18.3 Å². The summed E-state index contributed by atoms with van der Waals surface area (Å²) in [7, 11) is 0. The van der Waals surface area contributed by atoms with E-state index in [1.54, 1.807) is 0 Å². The van der Waals surface area contributed by atoms with Gasteiger partial charge in [0, 0.05) is 37.0 Å². The summed E-state index contributed by atoms with van der Waals surface area (Å²) in [5, 5.41) is 6.96. The summed E-state index contributed by atoms with van der Waals surface area (Å²) in [4.78, 5) is 17.1. The van der Waals surface area contributed by atoms with E-state index < -0.39 is 47.3 Å². The van der Waals surface area contributed by atoms with Crippen LogP contribution >= 0.6 is 0 Å². The van der Waals surface area contributed by atoms with Crippen molar-refractivity contribution in [3.63, 3.8) is 0 Å². The molecule has 0 aliphatic carbocycles. The van der Waals surface area contributed by atoms with Crippen molar-refractivity contribution in [2.75, 3.05) is 6.54 Å². The lowest BCUT2D eigenvalue weighted by Gasteiger charge is -2.24. The van der Waals surface area contributed by atoms with Gasteiger partial charge in [0.05, 0.1) is 0 Å². The van der Waals surface area contributed by atoms with Crippen molar-refractivity contribution in [1.82, 2.24) is 19.9 Å². The highest BCUT2D eigenvalue weighted by molar-refractivity contribution is 5.88. The zero-order chi connectivity index (χ0) is 29.0. The molecule has 0 aliphatic rings. The number of ether oxygens (including phenoxy) is 1. The average molecular weight is 562 g/mol. The third kappa shape index (κ3) is 7.19. The van der Waals surface area contributed by atoms with Gasteiger partial charge in [0.15, 0.2) is 11.3 Å². The predicted octanol–water partition coefficient (Wildman–Crippen LogP) is 4.78. The molecule has 2 atom stereocenters. The van der Waals surface area contributed by atoms with E-state index >= 15 is 0 Å². The maximum absolute atomic E-state index is 13.7. The van der Waals surface area contributed by atoms with Crippen LogP contribution in [-0.2, 0) is 30.3 Å². The number of rotatable bonds is 10. The standard InChI is InChI=1S/C28H28F5N5O2/c1-3-17-5-4-6-18(8-17)14-35-15-24(22(34)11-19-9-20(29)12-21(30)10-19)40-27(39)23-13-26-36-16(2)7-25(28(31,32)33)38(26)37-23/h4-10,12-13,22,24,35H,3,11,14-15,34H2,1-2H3/t22-,24+/m0/s1. The third-order valence-electron chi connectivity index (χ3n) is 6.26. The number of nitrogens with zero attached hydrogens (tertiary/aromatic N) is 3. The fourth-order valence-corrected chi connectivity index (χ4v) is 4.33. The number of alkyl halides is 3. The van der Waals surface area contributed by atoms with Gasteiger partial charge in [0.25, 0.3) is 0 Å². The lowest BCUT2D eigenvalue weighted by molar-refractivity contribution is -0.142. The summed E-state index contributed by atoms with van der Waals surface area (Å²) in [6.45, 7) is 3.89. The molecule has 0 unspecified atom stereocenters. The van der Waals surface area contributed by atoms with Crippen LogP contribution in [0, 0.1) is 18.6 Å². The van der Waals surface area contributed by atoms with Gasteiger partial charge in [-0.05, 0) is 54.7 Å². The molecular formula is C28H28F5N5O2. The van der Waals surface area contributed by atoms with E-state index in [1.165, 1.54) is 6.92 Å². The molecule has 4 rings (SSSR count). The molecule has 2 aromatic heterocycles. The quantitative estimate of drug-likeness (QED) is 0.214. The van der Waals surface area contributed by atoms with Crippen LogP contribution in [0.25, 0.3) is 5.65 Å². The summed E-state index contributed by atoms with van der Waals surface area (Å²) in [6, 6.07) is 11.8. The molecule has 4 aromatic rings. The van der Waals surface area contributed by atoms with Crippen LogP contribution in [0.5, 0.6) is 0 Å². The fourth-order valence-electron chi connectivity index (χ4n) is 4.33. The first-order chi connectivity index (χ1) is 18.9. The van der Waals surface area contributed by atoms with Gasteiger partial charge in [-0.3, -0.25) is 0 Å². The minimum absolute atomic E-state index is 0.0379. The van der Waals surface area contributed by atoms with Gasteiger partial charge in [-0.1, -0.05) is 31.2 Å². The summed E-state index contributed by atoms with van der Waals surface area (Å²) in [5.41, 5.74) is 7.13. The van der Waals surface area contributed by atoms with Gasteiger partial charge in [0.2, 0.25) is 0 Å². The summed E-state index contributed by atoms with van der Waals surface area (Å²) >= 11 is 0. The van der Waals surface area contributed by atoms with E-state index in [9.17, 15) is 26.7 Å². The Kier molecular flexibility index (Phi) is 8.79. The first-order valence-electron chi connectivity index (χ1n) is 12.6. The Balaban J connectivity index is 1.56. The molecular weight excluding hydrogens is 533 g/mol. The van der Waals surface area contributed by atoms with Crippen LogP contribution in [0.4, 0.5) is 22.0 Å². The topological polar surface area (TPSA) is 94.5 Å². The number of carbonyl (C=O) groups is 1. The van der Waals surface area contributed by atoms with Crippen LogP contribution in [-0.4, -0.2) is 39.3 Å². The molecule has 212 valence electrons. The van der Waals surface area contributed by atoms with Gasteiger partial charge in [0.1, 0.15) is 23.4 Å². The maximum Gasteiger partial charge on any atom is 0.433 e. The van der Waals surface area contributed by atoms with Crippen LogP contribution in [0.3, 0.4) is 0 Å². The highest BCUT2D eigenvalue weighted by Gasteiger charge is 2.35. The number of aromatic nitrogens is 3. The van der Waals surface area contributed by atoms with Crippen molar-refractivity contribution in [3.05, 3.63) is 100 Å². The lowest BCUT2D eigenvalue weighted by Crippen LogP contribution is -2.46. The summed E-state index contributed by atoms with van der Waals surface area (Å²) < 4.78 is 74.2. The Labute approximate surface area is 227 Å². The van der Waals surface area contributed by atoms with Crippen molar-refractivity contribution < 1.29 is 31.5 Å². The monoisotopic (exact) mass is 561 g/mol. The Morgan fingerprint density at radius 3 is 2.42 bits per heavy atom. The zero-order valence-electron chi connectivity index (χ0n) is 21.8. The van der Waals surface area contributed by atoms with Gasteiger partial charge in [-0.15, -0.1) is 0 Å². The molecule has 0 fully saturated rings. The molecule has 2 heterocycles. The fraction of sp³-hybridized carbons (Fsp3) is 0.321. The Morgan fingerprint density at radius 2 is 1.75 bits per heavy atom. The first kappa shape index (κ1) is 29.1. The number of fused-ring (bicyclic) bond motifs is 1. The highest BCUT2D eigenvalue weighted by atomic mass is 19.4. The van der Waals surface area contributed by atoms with Crippen molar-refractivity contribution in [2.24, 2.45) is 5.73 Å². The van der Waals surface area contributed by atoms with Crippen LogP contribution in [0.1, 0.15) is 45.5 Å². The second kappa shape index (κ2) is 12.1. The van der Waals surface area contributed by atoms with Crippen LogP contribution in [0.2, 0.25) is 0 Å². The molecule has 40 heavy (non-hydrogen) atoms. The van der Waals surface area contributed by atoms with E-state index in [1.807, 2.05) is 31.2 Å². The molecule has 0 radical (unpaired) electrons. The Bertz CT molecular complexity index is 1480. The van der Waals surface area contributed by atoms with Crippen LogP contribution < -0.4 is 11.1 Å². The largest absolute Gasteiger partial charge is 0.455 e. The molecule has 0 aliphatic heterocycles. The molecule has 0 saturated heterocycles. The lowest BCUT2D eigenvalue weighted by atomic mass is 10.0. The number of esters is 1. The van der Waals surface area contributed by atoms with E-state index in [0.717, 1.165) is 47.9 Å². The molecule has 0 bridgehead atoms. The number of nitrogens with one attached hydrogen (secondary N) is 1. The molecule has 12 heteroatoms. The van der Waals surface area contributed by atoms with E-state index in [-0.39, 0.29) is 29.9 Å². The number of aryl methyl sites for hydroxylation is 2. The molecule has 0 spiro atoms. The zero-order valence-corrected chi connectivity index (χ0v) is 21.8. The second-order valence-corrected chi connectivity index (χ2v) is 9.47. The number of hydrogen-bond donors (Lipinski definition) is 2. The SMILES string of the molecule is CCc1cccc(CNC[C@@H](OC(=O)c2cc3nc(C)cc(C(F)(F)F)n3n2)[C@@H](N)Cc2cc(F)cc(F)c2)c1.